The Bertz CT molecular complexity index is 887. The number of nitrogens with one attached hydrogen (secondary N) is 3. The smallest absolute Gasteiger partial charge is 0.276 e. The molecule has 10 nitrogen and oxygen atoms in total. The van der Waals surface area contributed by atoms with Crippen LogP contribution >= 0.6 is 0 Å². The Kier molecular flexibility index (Phi) is 6.62. The quantitative estimate of drug-likeness (QED) is 0.412. The third-order valence-corrected chi connectivity index (χ3v) is 5.58. The molecule has 1 saturated heterocycles. The summed E-state index contributed by atoms with van der Waals surface area (Å²) < 4.78 is 5.71. The topological polar surface area (TPSA) is 132 Å². The van der Waals surface area contributed by atoms with Crippen LogP contribution in [0.1, 0.15) is 26.2 Å². The molecule has 10 heteroatoms. The Morgan fingerprint density at radius 3 is 3.10 bits per heavy atom. The van der Waals surface area contributed by atoms with Gasteiger partial charge >= 0.3 is 0 Å². The summed E-state index contributed by atoms with van der Waals surface area (Å²) in [5, 5.41) is 34.3. The van der Waals surface area contributed by atoms with Crippen LogP contribution in [-0.2, 0) is 9.53 Å². The lowest BCUT2D eigenvalue weighted by molar-refractivity contribution is -0.115. The third-order valence-electron chi connectivity index (χ3n) is 5.58. The van der Waals surface area contributed by atoms with Crippen LogP contribution in [0.2, 0.25) is 0 Å². The zero-order chi connectivity index (χ0) is 21.8. The first-order valence-corrected chi connectivity index (χ1v) is 10.4. The summed E-state index contributed by atoms with van der Waals surface area (Å²) in [5.41, 5.74) is 6.00. The first-order valence-electron chi connectivity index (χ1n) is 10.4. The average Bonchev–Trinajstić information content (AvgIpc) is 3.13. The summed E-state index contributed by atoms with van der Waals surface area (Å²) in [6.07, 6.45) is 8.95. The fourth-order valence-electron chi connectivity index (χ4n) is 4.06. The highest BCUT2D eigenvalue weighted by molar-refractivity contribution is 6.03. The minimum absolute atomic E-state index is 0.00494. The molecule has 0 bridgehead atoms. The SMILES string of the molecule is CC1=C(C(=O)Nc2cccnn2)N2NC(C3=CC=CC(OC[C@H](O)CO)C3)CCC2N1. The van der Waals surface area contributed by atoms with Crippen LogP contribution in [-0.4, -0.2) is 69.0 Å². The van der Waals surface area contributed by atoms with E-state index in [-0.39, 0.29) is 37.4 Å². The van der Waals surface area contributed by atoms with Crippen molar-refractivity contribution in [2.24, 2.45) is 0 Å². The molecule has 2 aliphatic heterocycles. The number of amides is 1. The number of hydrogen-bond acceptors (Lipinski definition) is 9. The van der Waals surface area contributed by atoms with Crippen LogP contribution in [0, 0.1) is 0 Å². The second-order valence-corrected chi connectivity index (χ2v) is 7.86. The maximum Gasteiger partial charge on any atom is 0.276 e. The van der Waals surface area contributed by atoms with Crippen LogP contribution in [0.4, 0.5) is 5.82 Å². The van der Waals surface area contributed by atoms with E-state index in [9.17, 15) is 9.90 Å². The number of aliphatic hydroxyl groups excluding tert-OH is 2. The first kappa shape index (κ1) is 21.4. The summed E-state index contributed by atoms with van der Waals surface area (Å²) in [6, 6.07) is 3.47. The van der Waals surface area contributed by atoms with Gasteiger partial charge in [-0.3, -0.25) is 9.80 Å². The number of nitrogens with zero attached hydrogens (tertiary/aromatic N) is 3. The van der Waals surface area contributed by atoms with Crippen molar-refractivity contribution in [3.05, 3.63) is 53.5 Å². The van der Waals surface area contributed by atoms with E-state index in [0.29, 0.717) is 17.9 Å². The third kappa shape index (κ3) is 4.93. The summed E-state index contributed by atoms with van der Waals surface area (Å²) >= 11 is 0. The molecule has 3 aliphatic rings. The highest BCUT2D eigenvalue weighted by Gasteiger charge is 2.39. The van der Waals surface area contributed by atoms with E-state index in [1.165, 1.54) is 5.57 Å². The molecule has 1 amide bonds. The lowest BCUT2D eigenvalue weighted by Gasteiger charge is -2.40. The van der Waals surface area contributed by atoms with Gasteiger partial charge < -0.3 is 25.6 Å². The molecule has 3 heterocycles. The molecule has 5 N–H and O–H groups in total. The molecule has 4 rings (SSSR count). The largest absolute Gasteiger partial charge is 0.394 e. The predicted octanol–water partition coefficient (Wildman–Crippen LogP) is 0.170. The van der Waals surface area contributed by atoms with E-state index < -0.39 is 6.10 Å². The van der Waals surface area contributed by atoms with Gasteiger partial charge in [-0.25, -0.2) is 5.43 Å². The van der Waals surface area contributed by atoms with Gasteiger partial charge in [0.2, 0.25) is 0 Å². The highest BCUT2D eigenvalue weighted by atomic mass is 16.5. The minimum Gasteiger partial charge on any atom is -0.394 e. The Labute approximate surface area is 180 Å². The van der Waals surface area contributed by atoms with Gasteiger partial charge in [0.05, 0.1) is 19.3 Å². The Morgan fingerprint density at radius 2 is 2.32 bits per heavy atom. The van der Waals surface area contributed by atoms with Crippen molar-refractivity contribution in [3.63, 3.8) is 0 Å². The number of aromatic nitrogens is 2. The Morgan fingerprint density at radius 1 is 1.45 bits per heavy atom. The molecule has 1 aliphatic carbocycles. The van der Waals surface area contributed by atoms with Gasteiger partial charge in [-0.15, -0.1) is 5.10 Å². The fraction of sp³-hybridized carbons (Fsp3) is 0.476. The van der Waals surface area contributed by atoms with E-state index in [1.807, 2.05) is 24.1 Å². The summed E-state index contributed by atoms with van der Waals surface area (Å²) in [6.45, 7) is 1.65. The molecule has 1 fully saturated rings. The second kappa shape index (κ2) is 9.56. The lowest BCUT2D eigenvalue weighted by Crippen LogP contribution is -2.56. The molecule has 1 aromatic rings. The van der Waals surface area contributed by atoms with E-state index in [2.05, 4.69) is 32.3 Å². The molecule has 0 aromatic carbocycles. The zero-order valence-electron chi connectivity index (χ0n) is 17.4. The maximum absolute atomic E-state index is 12.9. The molecular weight excluding hydrogens is 400 g/mol. The zero-order valence-corrected chi connectivity index (χ0v) is 17.4. The van der Waals surface area contributed by atoms with E-state index in [4.69, 9.17) is 9.84 Å². The van der Waals surface area contributed by atoms with Crippen molar-refractivity contribution >= 4 is 11.7 Å². The molecule has 3 unspecified atom stereocenters. The highest BCUT2D eigenvalue weighted by Crippen LogP contribution is 2.31. The number of anilines is 1. The molecule has 0 saturated carbocycles. The van der Waals surface area contributed by atoms with Gasteiger partial charge in [0.15, 0.2) is 5.82 Å². The number of ether oxygens (including phenoxy) is 1. The number of aliphatic hydroxyl groups is 2. The molecule has 1 aromatic heterocycles. The Balaban J connectivity index is 1.41. The molecular formula is C21H28N6O4. The van der Waals surface area contributed by atoms with Crippen LogP contribution < -0.4 is 16.1 Å². The summed E-state index contributed by atoms with van der Waals surface area (Å²) in [7, 11) is 0. The van der Waals surface area contributed by atoms with Gasteiger partial charge in [0, 0.05) is 24.4 Å². The van der Waals surface area contributed by atoms with Gasteiger partial charge in [-0.05, 0) is 37.5 Å². The number of carbonyl (C=O) groups is 1. The number of allylic oxidation sites excluding steroid dienone is 3. The first-order chi connectivity index (χ1) is 15.0. The number of hydrogen-bond donors (Lipinski definition) is 5. The van der Waals surface area contributed by atoms with Crippen molar-refractivity contribution < 1.29 is 19.7 Å². The van der Waals surface area contributed by atoms with Crippen molar-refractivity contribution in [3.8, 4) is 0 Å². The van der Waals surface area contributed by atoms with E-state index in [1.54, 1.807) is 18.3 Å². The van der Waals surface area contributed by atoms with E-state index >= 15 is 0 Å². The number of fused-ring (bicyclic) bond motifs is 1. The molecule has 31 heavy (non-hydrogen) atoms. The predicted molar refractivity (Wildman–Crippen MR) is 113 cm³/mol. The molecule has 4 atom stereocenters. The van der Waals surface area contributed by atoms with Crippen LogP contribution in [0.25, 0.3) is 0 Å². The van der Waals surface area contributed by atoms with Gasteiger partial charge in [-0.2, -0.15) is 5.10 Å². The van der Waals surface area contributed by atoms with Crippen molar-refractivity contribution in [2.45, 2.75) is 50.6 Å². The monoisotopic (exact) mass is 428 g/mol. The van der Waals surface area contributed by atoms with Crippen molar-refractivity contribution in [1.29, 1.82) is 0 Å². The molecule has 166 valence electrons. The van der Waals surface area contributed by atoms with Crippen LogP contribution in [0.5, 0.6) is 0 Å². The fourth-order valence-corrected chi connectivity index (χ4v) is 4.06. The van der Waals surface area contributed by atoms with E-state index in [0.717, 1.165) is 18.5 Å². The molecule has 0 radical (unpaired) electrons. The number of rotatable bonds is 7. The van der Waals surface area contributed by atoms with Crippen LogP contribution in [0.15, 0.2) is 53.5 Å². The van der Waals surface area contributed by atoms with Crippen LogP contribution in [0.3, 0.4) is 0 Å². The normalized spacial score (nSPS) is 26.2. The maximum atomic E-state index is 12.9. The number of carbonyl (C=O) groups excluding carboxylic acids is 1. The Hall–Kier alpha value is -2.79. The van der Waals surface area contributed by atoms with Crippen molar-refractivity contribution in [1.82, 2.24) is 25.9 Å². The second-order valence-electron chi connectivity index (χ2n) is 7.86. The van der Waals surface area contributed by atoms with Gasteiger partial charge in [-0.1, -0.05) is 18.2 Å². The number of hydrazine groups is 1. The molecule has 0 spiro atoms. The van der Waals surface area contributed by atoms with Gasteiger partial charge in [0.25, 0.3) is 5.91 Å². The lowest BCUT2D eigenvalue weighted by atomic mass is 9.92. The standard InChI is InChI=1S/C21H28N6O4/c1-13-20(21(30)24-18-6-3-9-22-25-18)27-19(23-13)8-7-17(26-27)14-4-2-5-16(10-14)31-12-15(29)11-28/h2-6,9,15-17,19,23,26,28-29H,7-8,10-12H2,1H3,(H,24,25,30)/t15-,16?,17?,19?/m1/s1. The summed E-state index contributed by atoms with van der Waals surface area (Å²) in [5.74, 6) is 0.146. The van der Waals surface area contributed by atoms with Crippen molar-refractivity contribution in [2.75, 3.05) is 18.5 Å². The minimum atomic E-state index is -0.879. The average molecular weight is 428 g/mol. The summed E-state index contributed by atoms with van der Waals surface area (Å²) in [4.78, 5) is 12.9. The van der Waals surface area contributed by atoms with Gasteiger partial charge in [0.1, 0.15) is 18.0 Å².